The van der Waals surface area contributed by atoms with Crippen LogP contribution < -0.4 is 15.1 Å². The van der Waals surface area contributed by atoms with Crippen molar-refractivity contribution in [3.05, 3.63) is 48.2 Å². The summed E-state index contributed by atoms with van der Waals surface area (Å²) in [5, 5.41) is 2.96. The molecule has 1 N–H and O–H groups in total. The zero-order valence-electron chi connectivity index (χ0n) is 15.2. The Morgan fingerprint density at radius 1 is 1.27 bits per heavy atom. The maximum atomic E-state index is 12.9. The molecule has 1 aliphatic heterocycles. The van der Waals surface area contributed by atoms with Crippen LogP contribution in [-0.4, -0.2) is 43.1 Å². The number of hydrogen-bond acceptors (Lipinski definition) is 5. The number of halogens is 1. The lowest BCUT2D eigenvalue weighted by Crippen LogP contribution is -2.41. The van der Waals surface area contributed by atoms with Gasteiger partial charge in [-0.3, -0.25) is 4.79 Å². The highest BCUT2D eigenvalue weighted by Gasteiger charge is 2.26. The second-order valence-corrected chi connectivity index (χ2v) is 6.73. The lowest BCUT2D eigenvalue weighted by molar-refractivity contribution is -0.125. The number of aromatic nitrogens is 2. The van der Waals surface area contributed by atoms with E-state index in [1.165, 1.54) is 12.1 Å². The molecule has 0 atom stereocenters. The number of anilines is 2. The average molecular weight is 357 g/mol. The van der Waals surface area contributed by atoms with Gasteiger partial charge in [-0.25, -0.2) is 14.4 Å². The van der Waals surface area contributed by atoms with Gasteiger partial charge in [0.25, 0.3) is 0 Å². The summed E-state index contributed by atoms with van der Waals surface area (Å²) < 4.78 is 12.9. The molecule has 3 rings (SSSR count). The lowest BCUT2D eigenvalue weighted by atomic mass is 9.95. The number of carbonyl (C=O) groups excluding carboxylic acids is 1. The molecular weight excluding hydrogens is 333 g/mol. The van der Waals surface area contributed by atoms with Crippen LogP contribution in [0.2, 0.25) is 0 Å². The van der Waals surface area contributed by atoms with Crippen LogP contribution in [0.4, 0.5) is 15.9 Å². The van der Waals surface area contributed by atoms with E-state index in [0.29, 0.717) is 6.54 Å². The molecule has 26 heavy (non-hydrogen) atoms. The highest BCUT2D eigenvalue weighted by atomic mass is 19.1. The maximum absolute atomic E-state index is 12.9. The van der Waals surface area contributed by atoms with E-state index in [1.807, 2.05) is 25.2 Å². The molecule has 7 heteroatoms. The summed E-state index contributed by atoms with van der Waals surface area (Å²) in [7, 11) is 3.92. The predicted molar refractivity (Wildman–Crippen MR) is 99.5 cm³/mol. The smallest absolute Gasteiger partial charge is 0.223 e. The van der Waals surface area contributed by atoms with Crippen molar-refractivity contribution in [2.45, 2.75) is 19.4 Å². The van der Waals surface area contributed by atoms with Gasteiger partial charge in [-0.1, -0.05) is 12.1 Å². The van der Waals surface area contributed by atoms with E-state index in [4.69, 9.17) is 0 Å². The van der Waals surface area contributed by atoms with Gasteiger partial charge < -0.3 is 15.1 Å². The minimum absolute atomic E-state index is 0.000801. The normalized spacial score (nSPS) is 15.0. The van der Waals surface area contributed by atoms with Gasteiger partial charge in [-0.05, 0) is 30.5 Å². The molecule has 1 aromatic heterocycles. The van der Waals surface area contributed by atoms with Gasteiger partial charge in [0.1, 0.15) is 12.1 Å². The van der Waals surface area contributed by atoms with E-state index in [1.54, 1.807) is 18.5 Å². The van der Waals surface area contributed by atoms with Crippen molar-refractivity contribution in [1.82, 2.24) is 15.3 Å². The van der Waals surface area contributed by atoms with Crippen molar-refractivity contribution < 1.29 is 9.18 Å². The minimum atomic E-state index is -0.269. The minimum Gasteiger partial charge on any atom is -0.367 e. The maximum Gasteiger partial charge on any atom is 0.223 e. The highest BCUT2D eigenvalue weighted by Crippen LogP contribution is 2.28. The molecule has 1 aliphatic rings. The molecule has 0 unspecified atom stereocenters. The summed E-state index contributed by atoms with van der Waals surface area (Å²) in [6, 6.07) is 6.20. The first kappa shape index (κ1) is 18.1. The molecule has 2 aromatic rings. The molecule has 1 aromatic carbocycles. The predicted octanol–water partition coefficient (Wildman–Crippen LogP) is 2.21. The number of hydrogen-bond donors (Lipinski definition) is 1. The Morgan fingerprint density at radius 3 is 2.62 bits per heavy atom. The Balaban J connectivity index is 1.53. The van der Waals surface area contributed by atoms with Crippen LogP contribution in [0.15, 0.2) is 36.8 Å². The van der Waals surface area contributed by atoms with Crippen LogP contribution >= 0.6 is 0 Å². The van der Waals surface area contributed by atoms with Crippen LogP contribution in [0.5, 0.6) is 0 Å². The molecule has 1 fully saturated rings. The van der Waals surface area contributed by atoms with Crippen molar-refractivity contribution >= 4 is 17.4 Å². The van der Waals surface area contributed by atoms with Crippen molar-refractivity contribution in [1.29, 1.82) is 0 Å². The molecule has 0 radical (unpaired) electrons. The largest absolute Gasteiger partial charge is 0.367 e. The zero-order chi connectivity index (χ0) is 18.5. The van der Waals surface area contributed by atoms with Crippen molar-refractivity contribution in [2.24, 2.45) is 5.92 Å². The first-order valence-corrected chi connectivity index (χ1v) is 8.79. The Bertz CT molecular complexity index is 742. The fraction of sp³-hybridized carbons (Fsp3) is 0.421. The Labute approximate surface area is 153 Å². The van der Waals surface area contributed by atoms with Crippen LogP contribution in [0.25, 0.3) is 0 Å². The second kappa shape index (κ2) is 8.12. The van der Waals surface area contributed by atoms with Crippen LogP contribution in [0.1, 0.15) is 18.4 Å². The molecule has 6 nitrogen and oxygen atoms in total. The molecule has 1 saturated heterocycles. The number of benzene rings is 1. The third-order valence-electron chi connectivity index (χ3n) is 4.68. The van der Waals surface area contributed by atoms with E-state index in [-0.39, 0.29) is 17.6 Å². The molecule has 2 heterocycles. The molecule has 0 bridgehead atoms. The highest BCUT2D eigenvalue weighted by molar-refractivity contribution is 5.79. The van der Waals surface area contributed by atoms with E-state index < -0.39 is 0 Å². The first-order valence-electron chi connectivity index (χ1n) is 8.79. The second-order valence-electron chi connectivity index (χ2n) is 6.73. The summed E-state index contributed by atoms with van der Waals surface area (Å²) in [6.45, 7) is 2.02. The number of rotatable bonds is 5. The standard InChI is InChI=1S/C19H24FN5O/c1-24(2)18-17(12-21-13-23-18)25-9-7-15(8-10-25)19(26)22-11-14-3-5-16(20)6-4-14/h3-6,12-13,15H,7-11H2,1-2H3,(H,22,26). The van der Waals surface area contributed by atoms with Gasteiger partial charge in [-0.2, -0.15) is 0 Å². The topological polar surface area (TPSA) is 61.4 Å². The quantitative estimate of drug-likeness (QED) is 0.889. The summed E-state index contributed by atoms with van der Waals surface area (Å²) in [4.78, 5) is 25.1. The fourth-order valence-corrected chi connectivity index (χ4v) is 3.20. The van der Waals surface area contributed by atoms with Gasteiger partial charge in [0.05, 0.1) is 11.9 Å². The molecular formula is C19H24FN5O. The summed E-state index contributed by atoms with van der Waals surface area (Å²) in [5.41, 5.74) is 1.90. The Morgan fingerprint density at radius 2 is 1.96 bits per heavy atom. The molecule has 138 valence electrons. The fourth-order valence-electron chi connectivity index (χ4n) is 3.20. The summed E-state index contributed by atoms with van der Waals surface area (Å²) >= 11 is 0. The van der Waals surface area contributed by atoms with Gasteiger partial charge >= 0.3 is 0 Å². The van der Waals surface area contributed by atoms with Crippen molar-refractivity contribution in [3.63, 3.8) is 0 Å². The SMILES string of the molecule is CN(C)c1ncncc1N1CCC(C(=O)NCc2ccc(F)cc2)CC1. The Hall–Kier alpha value is -2.70. The first-order chi connectivity index (χ1) is 12.5. The Kier molecular flexibility index (Phi) is 5.65. The van der Waals surface area contributed by atoms with E-state index in [9.17, 15) is 9.18 Å². The van der Waals surface area contributed by atoms with Crippen molar-refractivity contribution in [2.75, 3.05) is 37.0 Å². The number of carbonyl (C=O) groups is 1. The molecule has 0 saturated carbocycles. The average Bonchev–Trinajstić information content (AvgIpc) is 2.67. The van der Waals surface area contributed by atoms with Gasteiger partial charge in [0, 0.05) is 39.6 Å². The van der Waals surface area contributed by atoms with Crippen molar-refractivity contribution in [3.8, 4) is 0 Å². The van der Waals surface area contributed by atoms with E-state index in [2.05, 4.69) is 20.2 Å². The monoisotopic (exact) mass is 357 g/mol. The van der Waals surface area contributed by atoms with Gasteiger partial charge in [-0.15, -0.1) is 0 Å². The number of nitrogens with zero attached hydrogens (tertiary/aromatic N) is 4. The lowest BCUT2D eigenvalue weighted by Gasteiger charge is -2.34. The zero-order valence-corrected chi connectivity index (χ0v) is 15.2. The third-order valence-corrected chi connectivity index (χ3v) is 4.68. The molecule has 0 spiro atoms. The van der Waals surface area contributed by atoms with Crippen LogP contribution in [0, 0.1) is 11.7 Å². The summed E-state index contributed by atoms with van der Waals surface area (Å²) in [6.07, 6.45) is 4.96. The van der Waals surface area contributed by atoms with Gasteiger partial charge in [0.2, 0.25) is 5.91 Å². The molecule has 0 aliphatic carbocycles. The van der Waals surface area contributed by atoms with E-state index in [0.717, 1.165) is 43.0 Å². The number of piperidine rings is 1. The number of nitrogens with one attached hydrogen (secondary N) is 1. The van der Waals surface area contributed by atoms with Crippen LogP contribution in [-0.2, 0) is 11.3 Å². The third kappa shape index (κ3) is 4.28. The van der Waals surface area contributed by atoms with Crippen LogP contribution in [0.3, 0.4) is 0 Å². The van der Waals surface area contributed by atoms with E-state index >= 15 is 0 Å². The van der Waals surface area contributed by atoms with Gasteiger partial charge in [0.15, 0.2) is 5.82 Å². The number of amides is 1. The molecule has 1 amide bonds. The summed E-state index contributed by atoms with van der Waals surface area (Å²) in [5.74, 6) is 0.680.